The molecule has 1 atom stereocenters. The molecule has 0 saturated carbocycles. The van der Waals surface area contributed by atoms with Gasteiger partial charge in [-0.15, -0.1) is 0 Å². The van der Waals surface area contributed by atoms with Crippen molar-refractivity contribution in [2.75, 3.05) is 6.54 Å². The minimum absolute atomic E-state index is 0.0766. The third-order valence-corrected chi connectivity index (χ3v) is 5.40. The molecule has 1 aliphatic heterocycles. The van der Waals surface area contributed by atoms with Gasteiger partial charge >= 0.3 is 0 Å². The molecule has 0 bridgehead atoms. The summed E-state index contributed by atoms with van der Waals surface area (Å²) in [6.07, 6.45) is 2.02. The Morgan fingerprint density at radius 3 is 2.81 bits per heavy atom. The molecule has 1 aliphatic rings. The highest BCUT2D eigenvalue weighted by Crippen LogP contribution is 2.32. The molecule has 1 amide bonds. The van der Waals surface area contributed by atoms with Crippen molar-refractivity contribution in [3.05, 3.63) is 70.5 Å². The first-order chi connectivity index (χ1) is 13.1. The topological polar surface area (TPSA) is 53.9 Å². The van der Waals surface area contributed by atoms with Gasteiger partial charge < -0.3 is 4.90 Å². The van der Waals surface area contributed by atoms with E-state index in [-0.39, 0.29) is 18.5 Å². The average molecular weight is 379 g/mol. The van der Waals surface area contributed by atoms with Gasteiger partial charge in [0.2, 0.25) is 5.91 Å². The van der Waals surface area contributed by atoms with Crippen LogP contribution in [0.1, 0.15) is 30.0 Å². The van der Waals surface area contributed by atoms with Crippen molar-refractivity contribution in [3.63, 3.8) is 0 Å². The van der Waals surface area contributed by atoms with Crippen molar-refractivity contribution in [3.8, 4) is 11.4 Å². The van der Waals surface area contributed by atoms with E-state index in [1.807, 2.05) is 48.2 Å². The Morgan fingerprint density at radius 1 is 1.22 bits per heavy atom. The van der Waals surface area contributed by atoms with Crippen LogP contribution in [0.25, 0.3) is 11.4 Å². The van der Waals surface area contributed by atoms with Gasteiger partial charge in [-0.25, -0.2) is 0 Å². The van der Waals surface area contributed by atoms with Crippen LogP contribution in [-0.2, 0) is 11.3 Å². The van der Waals surface area contributed by atoms with E-state index in [0.717, 1.165) is 30.5 Å². The third-order valence-electron chi connectivity index (χ3n) is 5.09. The molecule has 0 radical (unpaired) electrons. The Labute approximate surface area is 163 Å². The number of nitrogens with one attached hydrogen (secondary N) is 1. The van der Waals surface area contributed by atoms with Gasteiger partial charge in [-0.1, -0.05) is 54.1 Å². The highest BCUT2D eigenvalue weighted by atomic mass is 32.1. The van der Waals surface area contributed by atoms with E-state index in [2.05, 4.69) is 28.4 Å². The summed E-state index contributed by atoms with van der Waals surface area (Å²) in [5, 5.41) is 7.20. The molecule has 3 aromatic rings. The number of aromatic amines is 1. The van der Waals surface area contributed by atoms with Crippen LogP contribution < -0.4 is 0 Å². The van der Waals surface area contributed by atoms with Crippen LogP contribution in [0.2, 0.25) is 0 Å². The number of nitrogens with zero attached hydrogens (tertiary/aromatic N) is 3. The van der Waals surface area contributed by atoms with E-state index >= 15 is 0 Å². The van der Waals surface area contributed by atoms with Gasteiger partial charge in [0.05, 0.1) is 6.04 Å². The summed E-state index contributed by atoms with van der Waals surface area (Å²) >= 11 is 5.40. The minimum atomic E-state index is 0.0766. The number of benzene rings is 2. The van der Waals surface area contributed by atoms with Crippen LogP contribution in [0.5, 0.6) is 0 Å². The zero-order valence-electron chi connectivity index (χ0n) is 15.3. The van der Waals surface area contributed by atoms with Gasteiger partial charge in [-0.3, -0.25) is 14.5 Å². The second kappa shape index (κ2) is 7.48. The van der Waals surface area contributed by atoms with Gasteiger partial charge in [-0.05, 0) is 43.6 Å². The number of likely N-dealkylation sites (tertiary alicyclic amines) is 1. The number of hydrogen-bond acceptors (Lipinski definition) is 3. The lowest BCUT2D eigenvalue weighted by Gasteiger charge is -2.25. The SMILES string of the molecule is Cc1cccc(-c2n[nH]c(=S)n2CC(=O)N2CCCC2c2ccccc2)c1. The van der Waals surface area contributed by atoms with Gasteiger partial charge in [0, 0.05) is 12.1 Å². The fourth-order valence-corrected chi connectivity index (χ4v) is 3.98. The lowest BCUT2D eigenvalue weighted by molar-refractivity contribution is -0.132. The van der Waals surface area contributed by atoms with Crippen LogP contribution in [0.15, 0.2) is 54.6 Å². The average Bonchev–Trinajstić information content (AvgIpc) is 3.30. The van der Waals surface area contributed by atoms with Crippen molar-refractivity contribution in [1.29, 1.82) is 0 Å². The number of H-pyrrole nitrogens is 1. The van der Waals surface area contributed by atoms with E-state index in [9.17, 15) is 4.79 Å². The Bertz CT molecular complexity index is 1010. The molecule has 27 heavy (non-hydrogen) atoms. The first-order valence-electron chi connectivity index (χ1n) is 9.20. The molecule has 2 aromatic carbocycles. The molecular formula is C21H22N4OS. The molecular weight excluding hydrogens is 356 g/mol. The van der Waals surface area contributed by atoms with E-state index in [1.54, 1.807) is 4.57 Å². The molecule has 1 saturated heterocycles. The standard InChI is InChI=1S/C21H22N4OS/c1-15-7-5-10-17(13-15)20-22-23-21(27)25(20)14-19(26)24-12-6-11-18(24)16-8-3-2-4-9-16/h2-5,7-10,13,18H,6,11-12,14H2,1H3,(H,23,27). The Balaban J connectivity index is 1.60. The normalized spacial score (nSPS) is 16.6. The summed E-state index contributed by atoms with van der Waals surface area (Å²) in [7, 11) is 0. The lowest BCUT2D eigenvalue weighted by Crippen LogP contribution is -2.33. The number of rotatable bonds is 4. The van der Waals surface area contributed by atoms with Crippen LogP contribution in [0.3, 0.4) is 0 Å². The Hall–Kier alpha value is -2.73. The number of aromatic nitrogens is 3. The van der Waals surface area contributed by atoms with Gasteiger partial charge in [0.15, 0.2) is 10.6 Å². The Kier molecular flexibility index (Phi) is 4.90. The molecule has 1 fully saturated rings. The zero-order valence-corrected chi connectivity index (χ0v) is 16.1. The van der Waals surface area contributed by atoms with E-state index in [1.165, 1.54) is 5.56 Å². The molecule has 2 heterocycles. The number of carbonyl (C=O) groups excluding carboxylic acids is 1. The first kappa shape index (κ1) is 17.7. The predicted octanol–water partition coefficient (Wildman–Crippen LogP) is 4.28. The largest absolute Gasteiger partial charge is 0.334 e. The zero-order chi connectivity index (χ0) is 18.8. The van der Waals surface area contributed by atoms with Crippen molar-refractivity contribution in [2.24, 2.45) is 0 Å². The molecule has 0 spiro atoms. The number of carbonyl (C=O) groups is 1. The fraction of sp³-hybridized carbons (Fsp3) is 0.286. The molecule has 6 heteroatoms. The van der Waals surface area contributed by atoms with Crippen LogP contribution >= 0.6 is 12.2 Å². The number of aryl methyl sites for hydroxylation is 1. The molecule has 0 aliphatic carbocycles. The fourth-order valence-electron chi connectivity index (χ4n) is 3.78. The van der Waals surface area contributed by atoms with Crippen LogP contribution in [0, 0.1) is 11.7 Å². The van der Waals surface area contributed by atoms with Gasteiger partial charge in [0.1, 0.15) is 6.54 Å². The maximum atomic E-state index is 13.1. The maximum absolute atomic E-state index is 13.1. The predicted molar refractivity (Wildman–Crippen MR) is 108 cm³/mol. The van der Waals surface area contributed by atoms with Gasteiger partial charge in [0.25, 0.3) is 0 Å². The molecule has 1 aromatic heterocycles. The summed E-state index contributed by atoms with van der Waals surface area (Å²) < 4.78 is 2.27. The summed E-state index contributed by atoms with van der Waals surface area (Å²) in [5.74, 6) is 0.778. The maximum Gasteiger partial charge on any atom is 0.243 e. The van der Waals surface area contributed by atoms with E-state index in [0.29, 0.717) is 10.6 Å². The highest BCUT2D eigenvalue weighted by molar-refractivity contribution is 7.71. The molecule has 1 N–H and O–H groups in total. The molecule has 5 nitrogen and oxygen atoms in total. The second-order valence-corrected chi connectivity index (χ2v) is 7.35. The molecule has 138 valence electrons. The quantitative estimate of drug-likeness (QED) is 0.690. The minimum Gasteiger partial charge on any atom is -0.334 e. The van der Waals surface area contributed by atoms with Crippen LogP contribution in [0.4, 0.5) is 0 Å². The first-order valence-corrected chi connectivity index (χ1v) is 9.61. The monoisotopic (exact) mass is 378 g/mol. The van der Waals surface area contributed by atoms with Crippen LogP contribution in [-0.4, -0.2) is 32.1 Å². The highest BCUT2D eigenvalue weighted by Gasteiger charge is 2.30. The smallest absolute Gasteiger partial charge is 0.243 e. The van der Waals surface area contributed by atoms with E-state index in [4.69, 9.17) is 12.2 Å². The van der Waals surface area contributed by atoms with E-state index < -0.39 is 0 Å². The number of hydrogen-bond donors (Lipinski definition) is 1. The summed E-state index contributed by atoms with van der Waals surface area (Å²) in [6, 6.07) is 18.4. The van der Waals surface area contributed by atoms with Crippen molar-refractivity contribution in [1.82, 2.24) is 19.7 Å². The van der Waals surface area contributed by atoms with Gasteiger partial charge in [-0.2, -0.15) is 5.10 Å². The summed E-state index contributed by atoms with van der Waals surface area (Å²) in [5.41, 5.74) is 3.29. The number of amides is 1. The van der Waals surface area contributed by atoms with Crippen molar-refractivity contribution >= 4 is 18.1 Å². The molecule has 4 rings (SSSR count). The lowest BCUT2D eigenvalue weighted by atomic mass is 10.0. The molecule has 1 unspecified atom stereocenters. The summed E-state index contributed by atoms with van der Waals surface area (Å²) in [6.45, 7) is 3.01. The second-order valence-electron chi connectivity index (χ2n) is 6.96. The van der Waals surface area contributed by atoms with Crippen molar-refractivity contribution < 1.29 is 4.79 Å². The summed E-state index contributed by atoms with van der Waals surface area (Å²) in [4.78, 5) is 15.1. The Morgan fingerprint density at radius 2 is 2.04 bits per heavy atom. The van der Waals surface area contributed by atoms with Crippen molar-refractivity contribution in [2.45, 2.75) is 32.4 Å². The third kappa shape index (κ3) is 3.57.